The van der Waals surface area contributed by atoms with E-state index in [9.17, 15) is 19.2 Å². The average molecular weight is 563 g/mol. The van der Waals surface area contributed by atoms with Gasteiger partial charge < -0.3 is 29.4 Å². The van der Waals surface area contributed by atoms with Crippen molar-refractivity contribution in [3.8, 4) is 0 Å². The van der Waals surface area contributed by atoms with Crippen molar-refractivity contribution in [2.24, 2.45) is 11.8 Å². The Balaban J connectivity index is 0.000000165. The van der Waals surface area contributed by atoms with Gasteiger partial charge in [0.15, 0.2) is 0 Å². The maximum atomic E-state index is 11.9. The number of ether oxygens (including phenoxy) is 1. The van der Waals surface area contributed by atoms with Crippen LogP contribution in [0.15, 0.2) is 36.4 Å². The van der Waals surface area contributed by atoms with Gasteiger partial charge in [0.05, 0.1) is 18.9 Å². The lowest BCUT2D eigenvalue weighted by Gasteiger charge is -2.39. The van der Waals surface area contributed by atoms with Gasteiger partial charge in [0.25, 0.3) is 0 Å². The first-order valence-electron chi connectivity index (χ1n) is 14.4. The van der Waals surface area contributed by atoms with Crippen molar-refractivity contribution in [2.75, 3.05) is 66.0 Å². The first kappa shape index (κ1) is 28.4. The van der Waals surface area contributed by atoms with Crippen molar-refractivity contribution in [2.45, 2.75) is 39.5 Å². The van der Waals surface area contributed by atoms with E-state index in [0.717, 1.165) is 48.7 Å². The highest BCUT2D eigenvalue weighted by atomic mass is 16.5. The summed E-state index contributed by atoms with van der Waals surface area (Å²) in [6, 6.07) is 12.3. The lowest BCUT2D eigenvalue weighted by atomic mass is 9.98. The minimum atomic E-state index is -0.720. The molecule has 0 aliphatic carbocycles. The molecule has 4 aliphatic heterocycles. The molecule has 4 aliphatic rings. The van der Waals surface area contributed by atoms with Gasteiger partial charge in [0.2, 0.25) is 11.8 Å². The van der Waals surface area contributed by atoms with Crippen LogP contribution in [0.2, 0.25) is 0 Å². The van der Waals surface area contributed by atoms with Gasteiger partial charge in [0.1, 0.15) is 0 Å². The van der Waals surface area contributed by atoms with Crippen molar-refractivity contribution in [3.63, 3.8) is 0 Å². The van der Waals surface area contributed by atoms with E-state index in [2.05, 4.69) is 21.9 Å². The van der Waals surface area contributed by atoms with E-state index in [1.165, 1.54) is 18.2 Å². The van der Waals surface area contributed by atoms with Crippen molar-refractivity contribution in [1.82, 2.24) is 0 Å². The largest absolute Gasteiger partial charge is 0.481 e. The Bertz CT molecular complexity index is 1350. The number of hydrogen-bond donors (Lipinski definition) is 1. The minimum Gasteiger partial charge on any atom is -0.481 e. The number of carbonyl (C=O) groups is 4. The molecule has 0 spiro atoms. The Morgan fingerprint density at radius 1 is 0.756 bits per heavy atom. The molecule has 4 heterocycles. The lowest BCUT2D eigenvalue weighted by molar-refractivity contribution is -0.146. The number of aliphatic carboxylic acids is 1. The lowest BCUT2D eigenvalue weighted by Crippen LogP contribution is -2.50. The molecule has 0 bridgehead atoms. The smallest absolute Gasteiger partial charge is 0.312 e. The predicted molar refractivity (Wildman–Crippen MR) is 157 cm³/mol. The summed E-state index contributed by atoms with van der Waals surface area (Å²) in [5, 5.41) is 8.90. The van der Waals surface area contributed by atoms with Gasteiger partial charge in [-0.3, -0.25) is 19.2 Å². The fourth-order valence-electron chi connectivity index (χ4n) is 5.92. The molecule has 2 aromatic rings. The normalized spacial score (nSPS) is 17.6. The van der Waals surface area contributed by atoms with Crippen LogP contribution in [0, 0.1) is 11.8 Å². The molecule has 0 unspecified atom stereocenters. The quantitative estimate of drug-likeness (QED) is 0.535. The number of nitrogens with zero attached hydrogens (tertiary/aromatic N) is 4. The fourth-order valence-corrected chi connectivity index (χ4v) is 5.92. The highest BCUT2D eigenvalue weighted by Crippen LogP contribution is 2.35. The van der Waals surface area contributed by atoms with Crippen LogP contribution in [0.5, 0.6) is 0 Å². The SMILES string of the molecule is CCC(=O)N1CCc2cc(N3CC(C(=O)O)C3)ccc21.CCC(=O)N1CCc2cc(N3CC(C(=O)OC)C3)ccc21. The summed E-state index contributed by atoms with van der Waals surface area (Å²) in [5.41, 5.74) is 6.64. The molecule has 0 radical (unpaired) electrons. The van der Waals surface area contributed by atoms with Crippen molar-refractivity contribution in [1.29, 1.82) is 0 Å². The summed E-state index contributed by atoms with van der Waals surface area (Å²) >= 11 is 0. The monoisotopic (exact) mass is 562 g/mol. The molecule has 2 fully saturated rings. The van der Waals surface area contributed by atoms with Crippen LogP contribution >= 0.6 is 0 Å². The van der Waals surface area contributed by atoms with E-state index >= 15 is 0 Å². The van der Waals surface area contributed by atoms with Crippen LogP contribution in [-0.2, 0) is 36.8 Å². The zero-order chi connectivity index (χ0) is 29.3. The predicted octanol–water partition coefficient (Wildman–Crippen LogP) is 3.10. The van der Waals surface area contributed by atoms with Crippen molar-refractivity contribution in [3.05, 3.63) is 47.5 Å². The van der Waals surface area contributed by atoms with Crippen LogP contribution < -0.4 is 19.6 Å². The number of methoxy groups -OCH3 is 1. The molecule has 10 nitrogen and oxygen atoms in total. The number of carboxylic acid groups (broad SMARTS) is 1. The Morgan fingerprint density at radius 3 is 1.59 bits per heavy atom. The molecular weight excluding hydrogens is 524 g/mol. The van der Waals surface area contributed by atoms with Gasteiger partial charge >= 0.3 is 11.9 Å². The number of amides is 2. The molecular formula is C31H38N4O6. The molecule has 0 saturated carbocycles. The number of fused-ring (bicyclic) bond motifs is 2. The molecule has 10 heteroatoms. The Morgan fingerprint density at radius 2 is 1.20 bits per heavy atom. The number of carboxylic acids is 1. The summed E-state index contributed by atoms with van der Waals surface area (Å²) in [5.74, 6) is -0.778. The summed E-state index contributed by atoms with van der Waals surface area (Å²) < 4.78 is 4.76. The summed E-state index contributed by atoms with van der Waals surface area (Å²) in [6.45, 7) is 7.87. The third kappa shape index (κ3) is 5.60. The van der Waals surface area contributed by atoms with Gasteiger partial charge in [-0.25, -0.2) is 0 Å². The molecule has 0 atom stereocenters. The second-order valence-electron chi connectivity index (χ2n) is 11.0. The Kier molecular flexibility index (Phi) is 8.19. The van der Waals surface area contributed by atoms with Crippen LogP contribution in [0.1, 0.15) is 37.8 Å². The van der Waals surface area contributed by atoms with Gasteiger partial charge in [0, 0.05) is 74.9 Å². The number of benzene rings is 2. The third-order valence-corrected chi connectivity index (χ3v) is 8.50. The minimum absolute atomic E-state index is 0.0126. The van der Waals surface area contributed by atoms with E-state index in [0.29, 0.717) is 39.0 Å². The summed E-state index contributed by atoms with van der Waals surface area (Å²) in [7, 11) is 1.43. The number of esters is 1. The standard InChI is InChI=1S/C16H20N2O3.C15H18N2O3/c1-3-15(19)18-7-6-11-8-13(4-5-14(11)18)17-9-12(10-17)16(20)21-2;1-2-14(18)17-6-5-10-7-12(3-4-13(10)17)16-8-11(9-16)15(19)20/h4-5,8,12H,3,6-7,9-10H2,1-2H3;3-4,7,11H,2,5-6,8-9H2,1H3,(H,19,20). The number of rotatable bonds is 6. The molecule has 0 aromatic heterocycles. The maximum Gasteiger partial charge on any atom is 0.312 e. The van der Waals surface area contributed by atoms with Gasteiger partial charge in [-0.05, 0) is 60.4 Å². The van der Waals surface area contributed by atoms with Crippen LogP contribution in [0.25, 0.3) is 0 Å². The molecule has 2 aromatic carbocycles. The first-order valence-corrected chi connectivity index (χ1v) is 14.4. The summed E-state index contributed by atoms with van der Waals surface area (Å²) in [4.78, 5) is 53.9. The molecule has 218 valence electrons. The topological polar surface area (TPSA) is 111 Å². The average Bonchev–Trinajstić information content (AvgIpc) is 3.54. The molecule has 2 saturated heterocycles. The van der Waals surface area contributed by atoms with E-state index in [1.807, 2.05) is 47.9 Å². The Hall–Kier alpha value is -4.08. The number of anilines is 4. The second-order valence-corrected chi connectivity index (χ2v) is 11.0. The van der Waals surface area contributed by atoms with E-state index in [1.54, 1.807) is 0 Å². The zero-order valence-corrected chi connectivity index (χ0v) is 24.0. The van der Waals surface area contributed by atoms with Crippen molar-refractivity contribution >= 4 is 46.5 Å². The first-order chi connectivity index (χ1) is 19.7. The molecule has 41 heavy (non-hydrogen) atoms. The van der Waals surface area contributed by atoms with Crippen LogP contribution in [0.3, 0.4) is 0 Å². The molecule has 1 N–H and O–H groups in total. The number of carbonyl (C=O) groups excluding carboxylic acids is 3. The third-order valence-electron chi connectivity index (χ3n) is 8.50. The fraction of sp³-hybridized carbons (Fsp3) is 0.484. The van der Waals surface area contributed by atoms with E-state index in [4.69, 9.17) is 9.84 Å². The molecule has 6 rings (SSSR count). The Labute approximate surface area is 240 Å². The van der Waals surface area contributed by atoms with Gasteiger partial charge in [-0.15, -0.1) is 0 Å². The van der Waals surface area contributed by atoms with Crippen LogP contribution in [0.4, 0.5) is 22.7 Å². The number of hydrogen-bond acceptors (Lipinski definition) is 7. The van der Waals surface area contributed by atoms with Gasteiger partial charge in [-0.2, -0.15) is 0 Å². The highest BCUT2D eigenvalue weighted by Gasteiger charge is 2.35. The van der Waals surface area contributed by atoms with E-state index < -0.39 is 5.97 Å². The summed E-state index contributed by atoms with van der Waals surface area (Å²) in [6.07, 6.45) is 2.84. The van der Waals surface area contributed by atoms with Crippen molar-refractivity contribution < 1.29 is 29.0 Å². The maximum absolute atomic E-state index is 11.9. The molecule has 2 amide bonds. The van der Waals surface area contributed by atoms with Crippen LogP contribution in [-0.4, -0.2) is 75.2 Å². The zero-order valence-electron chi connectivity index (χ0n) is 24.0. The van der Waals surface area contributed by atoms with Gasteiger partial charge in [-0.1, -0.05) is 13.8 Å². The highest BCUT2D eigenvalue weighted by molar-refractivity contribution is 5.96. The second kappa shape index (κ2) is 11.8. The van der Waals surface area contributed by atoms with E-state index in [-0.39, 0.29) is 29.6 Å².